The van der Waals surface area contributed by atoms with E-state index in [0.717, 1.165) is 37.8 Å². The smallest absolute Gasteiger partial charge is 0.174 e. The maximum atomic E-state index is 6.29. The molecular weight excluding hydrogens is 504 g/mol. The highest BCUT2D eigenvalue weighted by Gasteiger charge is 2.42. The Morgan fingerprint density at radius 3 is 2.50 bits per heavy atom. The van der Waals surface area contributed by atoms with Crippen molar-refractivity contribution in [1.82, 2.24) is 14.9 Å². The van der Waals surface area contributed by atoms with Crippen LogP contribution in [0.2, 0.25) is 5.02 Å². The van der Waals surface area contributed by atoms with Gasteiger partial charge in [-0.05, 0) is 91.4 Å². The first-order valence-electron chi connectivity index (χ1n) is 10.2. The lowest BCUT2D eigenvalue weighted by Gasteiger charge is -2.29. The summed E-state index contributed by atoms with van der Waals surface area (Å²) in [7, 11) is 0. The fourth-order valence-electron chi connectivity index (χ4n) is 4.18. The first-order valence-corrected chi connectivity index (χ1v) is 11.8. The summed E-state index contributed by atoms with van der Waals surface area (Å²) in [5.74, 6) is 0. The predicted octanol–water partition coefficient (Wildman–Crippen LogP) is 6.77. The van der Waals surface area contributed by atoms with Gasteiger partial charge >= 0.3 is 0 Å². The third-order valence-electron chi connectivity index (χ3n) is 5.71. The monoisotopic (exact) mass is 522 g/mol. The van der Waals surface area contributed by atoms with Crippen LogP contribution < -0.4 is 10.2 Å². The van der Waals surface area contributed by atoms with Crippen LogP contribution in [0.15, 0.2) is 89.7 Å². The molecule has 0 bridgehead atoms. The van der Waals surface area contributed by atoms with Crippen molar-refractivity contribution in [2.75, 3.05) is 4.90 Å². The molecule has 0 aliphatic carbocycles. The zero-order valence-corrected chi connectivity index (χ0v) is 20.4. The summed E-state index contributed by atoms with van der Waals surface area (Å²) >= 11 is 15.7. The molecule has 32 heavy (non-hydrogen) atoms. The molecule has 0 radical (unpaired) electrons. The number of pyridine rings is 1. The van der Waals surface area contributed by atoms with E-state index in [-0.39, 0.29) is 12.1 Å². The predicted molar refractivity (Wildman–Crippen MR) is 138 cm³/mol. The maximum absolute atomic E-state index is 6.29. The summed E-state index contributed by atoms with van der Waals surface area (Å²) in [6, 6.07) is 24.3. The van der Waals surface area contributed by atoms with Crippen LogP contribution in [0, 0.1) is 6.92 Å². The number of hydrogen-bond donors (Lipinski definition) is 1. The Morgan fingerprint density at radius 1 is 1.00 bits per heavy atom. The van der Waals surface area contributed by atoms with E-state index in [9.17, 15) is 0 Å². The summed E-state index contributed by atoms with van der Waals surface area (Å²) in [6.07, 6.45) is 3.90. The van der Waals surface area contributed by atoms with Gasteiger partial charge < -0.3 is 14.8 Å². The molecule has 1 fully saturated rings. The fourth-order valence-corrected chi connectivity index (χ4v) is 4.91. The van der Waals surface area contributed by atoms with E-state index in [1.807, 2.05) is 55.6 Å². The number of aryl methyl sites for hydroxylation is 1. The molecule has 0 unspecified atom stereocenters. The number of benzene rings is 2. The van der Waals surface area contributed by atoms with Crippen molar-refractivity contribution in [2.24, 2.45) is 0 Å². The van der Waals surface area contributed by atoms with Gasteiger partial charge in [-0.3, -0.25) is 4.98 Å². The Kier molecular flexibility index (Phi) is 5.76. The Balaban J connectivity index is 1.67. The first kappa shape index (κ1) is 21.2. The normalized spacial score (nSPS) is 18.1. The molecule has 0 amide bonds. The molecule has 1 aliphatic heterocycles. The number of thiocarbonyl (C=S) groups is 1. The topological polar surface area (TPSA) is 33.1 Å². The van der Waals surface area contributed by atoms with Gasteiger partial charge in [-0.1, -0.05) is 33.6 Å². The molecule has 0 saturated carbocycles. The van der Waals surface area contributed by atoms with E-state index in [0.29, 0.717) is 5.11 Å². The van der Waals surface area contributed by atoms with E-state index >= 15 is 0 Å². The van der Waals surface area contributed by atoms with Crippen LogP contribution in [-0.4, -0.2) is 14.7 Å². The van der Waals surface area contributed by atoms with Gasteiger partial charge in [-0.2, -0.15) is 0 Å². The minimum absolute atomic E-state index is 0.0930. The quantitative estimate of drug-likeness (QED) is 0.299. The van der Waals surface area contributed by atoms with Crippen LogP contribution in [-0.2, 0) is 0 Å². The van der Waals surface area contributed by atoms with Crippen LogP contribution in [0.3, 0.4) is 0 Å². The van der Waals surface area contributed by atoms with Crippen molar-refractivity contribution in [2.45, 2.75) is 19.0 Å². The number of anilines is 1. The van der Waals surface area contributed by atoms with Gasteiger partial charge in [0.25, 0.3) is 0 Å². The molecule has 160 valence electrons. The zero-order valence-electron chi connectivity index (χ0n) is 17.2. The Morgan fingerprint density at radius 2 is 1.78 bits per heavy atom. The summed E-state index contributed by atoms with van der Waals surface area (Å²) < 4.78 is 3.22. The average molecular weight is 524 g/mol. The number of halogens is 2. The van der Waals surface area contributed by atoms with Gasteiger partial charge in [0.2, 0.25) is 0 Å². The Hall–Kier alpha value is -2.67. The van der Waals surface area contributed by atoms with Gasteiger partial charge in [-0.25, -0.2) is 0 Å². The zero-order chi connectivity index (χ0) is 22.2. The largest absolute Gasteiger partial charge is 0.351 e. The average Bonchev–Trinajstić information content (AvgIpc) is 3.41. The summed E-state index contributed by atoms with van der Waals surface area (Å²) in [5.41, 5.74) is 5.17. The van der Waals surface area contributed by atoms with Gasteiger partial charge in [0, 0.05) is 39.0 Å². The second-order valence-corrected chi connectivity index (χ2v) is 9.42. The SMILES string of the molecule is Cc1cc(-n2cccc2[C@@H]2[C@@H](c3ccccn3)NC(=S)N2c2ccc(Br)cc2)ccc1Cl. The summed E-state index contributed by atoms with van der Waals surface area (Å²) in [6.45, 7) is 2.02. The number of aromatic nitrogens is 2. The molecule has 0 spiro atoms. The van der Waals surface area contributed by atoms with Crippen molar-refractivity contribution >= 4 is 50.5 Å². The molecule has 4 aromatic rings. The molecule has 2 atom stereocenters. The van der Waals surface area contributed by atoms with Crippen molar-refractivity contribution in [1.29, 1.82) is 0 Å². The van der Waals surface area contributed by atoms with Crippen molar-refractivity contribution in [3.8, 4) is 5.69 Å². The van der Waals surface area contributed by atoms with Crippen LogP contribution in [0.25, 0.3) is 5.69 Å². The highest BCUT2D eigenvalue weighted by molar-refractivity contribution is 9.10. The highest BCUT2D eigenvalue weighted by atomic mass is 79.9. The third-order valence-corrected chi connectivity index (χ3v) is 6.97. The minimum Gasteiger partial charge on any atom is -0.351 e. The summed E-state index contributed by atoms with van der Waals surface area (Å²) in [4.78, 5) is 6.82. The molecule has 3 heterocycles. The van der Waals surface area contributed by atoms with Gasteiger partial charge in [-0.15, -0.1) is 0 Å². The second kappa shape index (κ2) is 8.70. The van der Waals surface area contributed by atoms with E-state index in [1.165, 1.54) is 0 Å². The lowest BCUT2D eigenvalue weighted by Crippen LogP contribution is -2.30. The van der Waals surface area contributed by atoms with E-state index in [4.69, 9.17) is 23.8 Å². The number of nitrogens with one attached hydrogen (secondary N) is 1. The van der Waals surface area contributed by atoms with Crippen molar-refractivity contribution < 1.29 is 0 Å². The van der Waals surface area contributed by atoms with E-state index in [1.54, 1.807) is 0 Å². The maximum Gasteiger partial charge on any atom is 0.174 e. The van der Waals surface area contributed by atoms with Crippen molar-refractivity contribution in [3.63, 3.8) is 0 Å². The number of nitrogens with zero attached hydrogens (tertiary/aromatic N) is 3. The van der Waals surface area contributed by atoms with Gasteiger partial charge in [0.1, 0.15) is 6.04 Å². The van der Waals surface area contributed by atoms with Crippen LogP contribution in [0.5, 0.6) is 0 Å². The molecule has 1 N–H and O–H groups in total. The first-order chi connectivity index (χ1) is 15.5. The van der Waals surface area contributed by atoms with Crippen LogP contribution >= 0.6 is 39.7 Å². The Labute approximate surface area is 206 Å². The molecule has 1 saturated heterocycles. The van der Waals surface area contributed by atoms with E-state index < -0.39 is 0 Å². The van der Waals surface area contributed by atoms with Crippen LogP contribution in [0.1, 0.15) is 29.0 Å². The molecular formula is C25H20BrClN4S. The van der Waals surface area contributed by atoms with Crippen LogP contribution in [0.4, 0.5) is 5.69 Å². The standard InChI is InChI=1S/C25H20BrClN4S/c1-16-15-19(11-12-20(16)27)30-14-4-6-22(30)24-23(21-5-2-3-13-28-21)29-25(32)31(24)18-9-7-17(26)8-10-18/h2-15,23-24H,1H3,(H,29,32)/t23-,24-/m1/s1. The molecule has 1 aliphatic rings. The molecule has 2 aromatic carbocycles. The molecule has 5 rings (SSSR count). The third kappa shape index (κ3) is 3.83. The van der Waals surface area contributed by atoms with Gasteiger partial charge in [0.05, 0.1) is 11.7 Å². The minimum atomic E-state index is -0.102. The lowest BCUT2D eigenvalue weighted by molar-refractivity contribution is 0.549. The highest BCUT2D eigenvalue weighted by Crippen LogP contribution is 2.42. The number of rotatable bonds is 4. The van der Waals surface area contributed by atoms with Crippen molar-refractivity contribution in [3.05, 3.63) is 112 Å². The summed E-state index contributed by atoms with van der Waals surface area (Å²) in [5, 5.41) is 4.95. The molecule has 2 aromatic heterocycles. The Bertz CT molecular complexity index is 1270. The second-order valence-electron chi connectivity index (χ2n) is 7.71. The molecule has 7 heteroatoms. The van der Waals surface area contributed by atoms with E-state index in [2.05, 4.69) is 72.2 Å². The molecule has 4 nitrogen and oxygen atoms in total. The lowest BCUT2D eigenvalue weighted by atomic mass is 10.0. The van der Waals surface area contributed by atoms with Gasteiger partial charge in [0.15, 0.2) is 5.11 Å². The number of hydrogen-bond acceptors (Lipinski definition) is 2. The fraction of sp³-hybridized carbons (Fsp3) is 0.120.